The quantitative estimate of drug-likeness (QED) is 0.0154. The number of aromatic nitrogens is 1. The van der Waals surface area contributed by atoms with E-state index in [9.17, 15) is 127 Å². The summed E-state index contributed by atoms with van der Waals surface area (Å²) in [7, 11) is 1.67. The molecule has 3 saturated heterocycles. The average molecular weight is 1920 g/mol. The van der Waals surface area contributed by atoms with Gasteiger partial charge in [0, 0.05) is 86.8 Å². The molecule has 3 aromatic rings. The first kappa shape index (κ1) is 109. The lowest BCUT2D eigenvalue weighted by atomic mass is 10.0. The second-order valence-electron chi connectivity index (χ2n) is 32.2. The fourth-order valence-electron chi connectivity index (χ4n) is 14.4. The molecule has 16 atom stereocenters. The predicted molar refractivity (Wildman–Crippen MR) is 477 cm³/mol. The van der Waals surface area contributed by atoms with Gasteiger partial charge in [-0.2, -0.15) is 0 Å². The number of carboxylic acid groups (broad SMARTS) is 4. The van der Waals surface area contributed by atoms with Crippen LogP contribution in [0.25, 0.3) is 10.9 Å². The number of guanidine groups is 1. The summed E-state index contributed by atoms with van der Waals surface area (Å²) in [4.78, 5) is 294. The van der Waals surface area contributed by atoms with Crippen molar-refractivity contribution in [1.29, 1.82) is 5.41 Å². The number of nitrogens with two attached hydrogens (primary N) is 4. The van der Waals surface area contributed by atoms with Crippen LogP contribution in [-0.4, -0.2) is 323 Å². The van der Waals surface area contributed by atoms with Crippen LogP contribution < -0.4 is 103 Å². The summed E-state index contributed by atoms with van der Waals surface area (Å²) in [6, 6.07) is -12.4. The molecule has 0 aliphatic carbocycles. The molecule has 16 unspecified atom stereocenters. The van der Waals surface area contributed by atoms with Gasteiger partial charge in [-0.1, -0.05) is 51.9 Å². The van der Waals surface area contributed by atoms with E-state index >= 15 is 4.79 Å². The summed E-state index contributed by atoms with van der Waals surface area (Å²) in [5.41, 5.74) is 24.4. The SMILES string of the molecule is CC1NC(=O)CNC(=O)C(CCC(=O)O)NC(=O)C2CCCN2C(=O)C(C(C)O)NC(=O)C(CCC(=O)O)NC(=O)C(CCCNC(=N)N)NC(=O)C(CCC(N)=O)NC(=O)CNC(=O)C(N)CSSCC(C(=O)O)NC(=O)C(Cc2ccc(O)cc2)NC(=O)C(Cc2c[nH]c3ccccc23)NC(=O)C2CCCN2C(=O)C(CCCCN)NC(=O)C(C)NC(=O)C(CCC(=O)O)NC1=O. The first-order chi connectivity index (χ1) is 63.4. The zero-order valence-electron chi connectivity index (χ0n) is 73.8. The number of unbranched alkanes of at least 4 members (excludes halogenated alkanes) is 1. The lowest BCUT2D eigenvalue weighted by molar-refractivity contribution is -0.145. The highest BCUT2D eigenvalue weighted by Gasteiger charge is 2.44. The highest BCUT2D eigenvalue weighted by Crippen LogP contribution is 2.27. The van der Waals surface area contributed by atoms with Crippen molar-refractivity contribution in [2.75, 3.05) is 50.8 Å². The van der Waals surface area contributed by atoms with E-state index in [2.05, 4.69) is 84.7 Å². The van der Waals surface area contributed by atoms with Crippen LogP contribution in [0, 0.1) is 5.41 Å². The molecule has 736 valence electrons. The van der Waals surface area contributed by atoms with Crippen LogP contribution in [0.15, 0.2) is 54.7 Å². The number of carboxylic acids is 4. The minimum absolute atomic E-state index is 0.0161. The Labute approximate surface area is 775 Å². The van der Waals surface area contributed by atoms with Gasteiger partial charge in [-0.15, -0.1) is 0 Å². The Kier molecular flexibility index (Phi) is 44.4. The maximum atomic E-state index is 15.1. The number of amides is 17. The highest BCUT2D eigenvalue weighted by atomic mass is 33.1. The lowest BCUT2D eigenvalue weighted by Crippen LogP contribution is -2.61. The van der Waals surface area contributed by atoms with Crippen LogP contribution in [0.3, 0.4) is 0 Å². The number of aromatic hydroxyl groups is 1. The number of benzene rings is 2. The second-order valence-corrected chi connectivity index (χ2v) is 34.7. The van der Waals surface area contributed by atoms with Crippen molar-refractivity contribution >= 4 is 163 Å². The number of para-hydroxylation sites is 1. The maximum absolute atomic E-state index is 15.1. The highest BCUT2D eigenvalue weighted by molar-refractivity contribution is 8.76. The number of H-pyrrole nitrogens is 1. The number of aliphatic hydroxyl groups excluding tert-OH is 1. The molecule has 0 radical (unpaired) electrons. The largest absolute Gasteiger partial charge is 0.508 e. The maximum Gasteiger partial charge on any atom is 0.327 e. The van der Waals surface area contributed by atoms with Crippen LogP contribution in [0.5, 0.6) is 5.75 Å². The molecule has 0 bridgehead atoms. The molecule has 52 heteroatoms. The van der Waals surface area contributed by atoms with Crippen molar-refractivity contribution in [3.63, 3.8) is 0 Å². The van der Waals surface area contributed by atoms with E-state index in [1.165, 1.54) is 36.1 Å². The molecule has 134 heavy (non-hydrogen) atoms. The molecular formula is C82H119N23O27S2. The summed E-state index contributed by atoms with van der Waals surface area (Å²) < 4.78 is 0. The normalized spacial score (nSPS) is 25.4. The van der Waals surface area contributed by atoms with Gasteiger partial charge in [0.05, 0.1) is 25.2 Å². The molecule has 3 aliphatic heterocycles. The number of aromatic amines is 1. The number of primary amides is 1. The number of phenolic OH excluding ortho intramolecular Hbond substituents is 1. The third kappa shape index (κ3) is 35.9. The minimum atomic E-state index is -2.00. The molecular weight excluding hydrogens is 1800 g/mol. The van der Waals surface area contributed by atoms with E-state index in [1.54, 1.807) is 30.5 Å². The van der Waals surface area contributed by atoms with Crippen molar-refractivity contribution in [3.8, 4) is 5.75 Å². The number of carbonyl (C=O) groups excluding carboxylic acids is 17. The van der Waals surface area contributed by atoms with Gasteiger partial charge in [0.15, 0.2) is 5.96 Å². The van der Waals surface area contributed by atoms with Gasteiger partial charge < -0.3 is 148 Å². The average Bonchev–Trinajstić information content (AvgIpc) is 1.66. The Balaban J connectivity index is 1.33. The van der Waals surface area contributed by atoms with Gasteiger partial charge >= 0.3 is 23.9 Å². The fraction of sp³-hybridized carbons (Fsp3) is 0.561. The summed E-state index contributed by atoms with van der Waals surface area (Å²) >= 11 is 0. The smallest absolute Gasteiger partial charge is 0.327 e. The van der Waals surface area contributed by atoms with Gasteiger partial charge in [-0.05, 0) is 140 Å². The van der Waals surface area contributed by atoms with Crippen molar-refractivity contribution in [2.45, 2.75) is 239 Å². The molecule has 3 fully saturated rings. The predicted octanol–water partition coefficient (Wildman–Crippen LogP) is -7.83. The first-order valence-electron chi connectivity index (χ1n) is 43.2. The summed E-state index contributed by atoms with van der Waals surface area (Å²) in [5, 5.41) is 105. The lowest BCUT2D eigenvalue weighted by Gasteiger charge is -2.32. The number of aliphatic carboxylic acids is 4. The molecule has 2 aromatic carbocycles. The number of rotatable bonds is 26. The van der Waals surface area contributed by atoms with Gasteiger partial charge in [0.1, 0.15) is 90.3 Å². The van der Waals surface area contributed by atoms with E-state index in [4.69, 9.17) is 28.3 Å². The molecule has 0 saturated carbocycles. The number of phenols is 1. The Hall–Kier alpha value is -13.5. The third-order valence-corrected chi connectivity index (χ3v) is 24.1. The Morgan fingerprint density at radius 2 is 0.940 bits per heavy atom. The number of hydrogen-bond donors (Lipinski definition) is 27. The van der Waals surface area contributed by atoms with Crippen molar-refractivity contribution in [3.05, 3.63) is 65.9 Å². The Bertz CT molecular complexity index is 4740. The minimum Gasteiger partial charge on any atom is -0.508 e. The number of fused-ring (bicyclic) bond motifs is 3. The molecule has 3 aliphatic rings. The molecule has 17 amide bonds. The van der Waals surface area contributed by atoms with Crippen LogP contribution >= 0.6 is 21.6 Å². The van der Waals surface area contributed by atoms with Gasteiger partial charge in [-0.25, -0.2) is 4.79 Å². The molecule has 6 rings (SSSR count). The van der Waals surface area contributed by atoms with E-state index < -0.39 is 297 Å². The monoisotopic (exact) mass is 1920 g/mol. The summed E-state index contributed by atoms with van der Waals surface area (Å²) in [6.45, 7) is 1.19. The van der Waals surface area contributed by atoms with Crippen LogP contribution in [0.2, 0.25) is 0 Å². The fourth-order valence-corrected chi connectivity index (χ4v) is 16.7. The van der Waals surface area contributed by atoms with Gasteiger partial charge in [-0.3, -0.25) is 101 Å². The number of hydrogen-bond acceptors (Lipinski definition) is 28. The number of nitrogens with zero attached hydrogens (tertiary/aromatic N) is 2. The summed E-state index contributed by atoms with van der Waals surface area (Å²) in [6.07, 6.45) is -6.21. The van der Waals surface area contributed by atoms with Gasteiger partial charge in [0.25, 0.3) is 0 Å². The third-order valence-electron chi connectivity index (χ3n) is 21.7. The van der Waals surface area contributed by atoms with Crippen LogP contribution in [-0.2, 0) is 114 Å². The molecule has 1 aromatic heterocycles. The van der Waals surface area contributed by atoms with E-state index in [0.717, 1.165) is 40.3 Å². The number of nitrogens with one attached hydrogen (secondary N) is 17. The van der Waals surface area contributed by atoms with E-state index in [1.807, 2.05) is 0 Å². The van der Waals surface area contributed by atoms with Crippen molar-refractivity contribution < 1.29 is 131 Å². The van der Waals surface area contributed by atoms with Crippen LogP contribution in [0.1, 0.15) is 141 Å². The topological polar surface area (TPSA) is 810 Å². The molecule has 4 heterocycles. The molecule has 0 spiro atoms. The van der Waals surface area contributed by atoms with Gasteiger partial charge in [0.2, 0.25) is 100 Å². The Morgan fingerprint density at radius 1 is 0.493 bits per heavy atom. The van der Waals surface area contributed by atoms with E-state index in [-0.39, 0.29) is 102 Å². The van der Waals surface area contributed by atoms with Crippen LogP contribution in [0.4, 0.5) is 0 Å². The Morgan fingerprint density at radius 3 is 1.50 bits per heavy atom. The second kappa shape index (κ2) is 54.5. The number of carbonyl (C=O) groups is 21. The van der Waals surface area contributed by atoms with Crippen molar-refractivity contribution in [2.24, 2.45) is 22.9 Å². The molecule has 50 nitrogen and oxygen atoms in total. The number of aliphatic hydroxyl groups is 1. The standard InChI is InChI=1S/C82H119N23O27S2/c1-40-67(117)95-52(23-27-64(113)114)71(121)93-41(2)68(118)99-54(13-6-7-29-83)79(129)104-31-9-15-58(104)78(128)101-56(34-44-35-89-48-12-5-4-11-46(44)48)76(126)100-55(33-43-17-19-45(107)20-18-43)75(125)102-57(81(131)132)39-134-133-38-47(84)69(119)90-37-62(110)94-51(21-25-60(85)108)73(123)96-49(14-8-30-88-82(86)87)72(122)97-53(24-28-65(115)116)74(124)103-66(42(3)106)80(130)105-32-10-16-59(105)77(127)98-50(22-26-63(111)112)70(120)91-36-61(109)92-40/h4-5,11-12,17-20,35,40-42,47,49-59,66,89,106-107H,6-10,13-16,21-34,36-39,83-84H2,1-3H3,(H2,85,108)(H,90,119)(H,91,120)(H,92,109)(H,93,121)(H,94,110)(H,95,117)(H,96,123)(H,97,122)(H,98,127)(H,99,118)(H,100,126)(H,101,128)(H,102,125)(H,103,124)(H,111,112)(H,113,114)(H,115,116)(H,131,132)(H4,86,87,88). The zero-order chi connectivity index (χ0) is 99.2. The summed E-state index contributed by atoms with van der Waals surface area (Å²) in [5.74, 6) is -25.6. The van der Waals surface area contributed by atoms with Crippen molar-refractivity contribution in [1.82, 2.24) is 94.5 Å². The first-order valence-corrected chi connectivity index (χ1v) is 45.7. The van der Waals surface area contributed by atoms with E-state index in [0.29, 0.717) is 28.5 Å². The molecule has 31 N–H and O–H groups in total. The zero-order valence-corrected chi connectivity index (χ0v) is 75.4.